The Bertz CT molecular complexity index is 894. The number of hydrogen-bond acceptors (Lipinski definition) is 5. The van der Waals surface area contributed by atoms with Crippen LogP contribution in [-0.2, 0) is 17.8 Å². The molecule has 2 aromatic rings. The normalized spacial score (nSPS) is 10.7. The zero-order chi connectivity index (χ0) is 23.7. The zero-order valence-electron chi connectivity index (χ0n) is 19.9. The van der Waals surface area contributed by atoms with E-state index in [0.29, 0.717) is 43.3 Å². The van der Waals surface area contributed by atoms with E-state index >= 15 is 0 Å². The Labute approximate surface area is 190 Å². The number of furan rings is 1. The lowest BCUT2D eigenvalue weighted by molar-refractivity contribution is -0.133. The number of rotatable bonds is 11. The van der Waals surface area contributed by atoms with Gasteiger partial charge in [-0.3, -0.25) is 4.79 Å². The van der Waals surface area contributed by atoms with Crippen LogP contribution in [0.25, 0.3) is 0 Å². The molecule has 8 heteroatoms. The number of urea groups is 1. The lowest BCUT2D eigenvalue weighted by Crippen LogP contribution is -2.49. The van der Waals surface area contributed by atoms with Gasteiger partial charge in [0, 0.05) is 19.1 Å². The molecular weight excluding hydrogens is 410 g/mol. The van der Waals surface area contributed by atoms with Crippen molar-refractivity contribution < 1.29 is 23.5 Å². The highest BCUT2D eigenvalue weighted by Crippen LogP contribution is 2.27. The maximum atomic E-state index is 13.2. The summed E-state index contributed by atoms with van der Waals surface area (Å²) in [4.78, 5) is 28.9. The third-order valence-corrected chi connectivity index (χ3v) is 5.13. The smallest absolute Gasteiger partial charge is 0.318 e. The molecular formula is C24H35N3O5. The van der Waals surface area contributed by atoms with Crippen LogP contribution in [0.3, 0.4) is 0 Å². The van der Waals surface area contributed by atoms with Crippen LogP contribution in [0, 0.1) is 6.92 Å². The summed E-state index contributed by atoms with van der Waals surface area (Å²) in [5, 5.41) is 2.78. The number of nitrogens with zero attached hydrogens (tertiary/aromatic N) is 2. The fourth-order valence-corrected chi connectivity index (χ4v) is 3.34. The van der Waals surface area contributed by atoms with Gasteiger partial charge in [0.1, 0.15) is 18.1 Å². The molecule has 8 nitrogen and oxygen atoms in total. The molecule has 0 radical (unpaired) electrons. The summed E-state index contributed by atoms with van der Waals surface area (Å²) >= 11 is 0. The van der Waals surface area contributed by atoms with Crippen molar-refractivity contribution >= 4 is 11.9 Å². The second-order valence-electron chi connectivity index (χ2n) is 7.82. The van der Waals surface area contributed by atoms with Gasteiger partial charge in [-0.25, -0.2) is 4.79 Å². The number of amides is 3. The number of carbonyl (C=O) groups excluding carboxylic acids is 2. The molecule has 0 saturated heterocycles. The third kappa shape index (κ3) is 6.93. The van der Waals surface area contributed by atoms with Gasteiger partial charge in [-0.15, -0.1) is 0 Å². The van der Waals surface area contributed by atoms with Crippen molar-refractivity contribution in [3.63, 3.8) is 0 Å². The lowest BCUT2D eigenvalue weighted by atomic mass is 10.1. The minimum Gasteiger partial charge on any atom is -0.493 e. The van der Waals surface area contributed by atoms with Crippen molar-refractivity contribution in [2.75, 3.05) is 33.9 Å². The molecule has 0 bridgehead atoms. The lowest BCUT2D eigenvalue weighted by Gasteiger charge is -2.30. The van der Waals surface area contributed by atoms with Crippen molar-refractivity contribution in [2.45, 2.75) is 46.7 Å². The first kappa shape index (κ1) is 25.1. The Morgan fingerprint density at radius 1 is 1.09 bits per heavy atom. The maximum absolute atomic E-state index is 13.2. The Hall–Kier alpha value is -3.16. The molecule has 1 aromatic heterocycles. The fourth-order valence-electron chi connectivity index (χ4n) is 3.34. The van der Waals surface area contributed by atoms with E-state index in [4.69, 9.17) is 13.9 Å². The number of benzene rings is 1. The monoisotopic (exact) mass is 445 g/mol. The third-order valence-electron chi connectivity index (χ3n) is 5.13. The van der Waals surface area contributed by atoms with Crippen molar-refractivity contribution in [3.05, 3.63) is 47.4 Å². The van der Waals surface area contributed by atoms with Gasteiger partial charge in [0.25, 0.3) is 0 Å². The quantitative estimate of drug-likeness (QED) is 0.571. The van der Waals surface area contributed by atoms with E-state index in [1.54, 1.807) is 24.0 Å². The highest BCUT2D eigenvalue weighted by atomic mass is 16.5. The van der Waals surface area contributed by atoms with E-state index in [9.17, 15) is 9.59 Å². The van der Waals surface area contributed by atoms with Gasteiger partial charge in [0.15, 0.2) is 11.5 Å². The first-order chi connectivity index (χ1) is 15.3. The summed E-state index contributed by atoms with van der Waals surface area (Å²) in [5.74, 6) is 2.66. The predicted molar refractivity (Wildman–Crippen MR) is 123 cm³/mol. The van der Waals surface area contributed by atoms with Crippen molar-refractivity contribution in [1.82, 2.24) is 15.1 Å². The Balaban J connectivity index is 2.18. The number of nitrogens with one attached hydrogen (secondary N) is 1. The zero-order valence-corrected chi connectivity index (χ0v) is 19.9. The molecule has 1 aromatic carbocycles. The molecule has 32 heavy (non-hydrogen) atoms. The number of aryl methyl sites for hydroxylation is 1. The topological polar surface area (TPSA) is 84.3 Å². The predicted octanol–water partition coefficient (Wildman–Crippen LogP) is 3.62. The minimum atomic E-state index is -0.246. The molecule has 3 amide bonds. The Kier molecular flexibility index (Phi) is 9.43. The van der Waals surface area contributed by atoms with Crippen LogP contribution < -0.4 is 14.8 Å². The number of methoxy groups -OCH3 is 2. The van der Waals surface area contributed by atoms with Gasteiger partial charge in [-0.05, 0) is 63.9 Å². The molecule has 0 atom stereocenters. The molecule has 1 N–H and O–H groups in total. The average molecular weight is 446 g/mol. The molecule has 176 valence electrons. The number of hydrogen-bond donors (Lipinski definition) is 1. The van der Waals surface area contributed by atoms with Crippen LogP contribution in [0.4, 0.5) is 4.79 Å². The second kappa shape index (κ2) is 12.0. The van der Waals surface area contributed by atoms with Crippen LogP contribution >= 0.6 is 0 Å². The first-order valence-corrected chi connectivity index (χ1v) is 10.9. The fraction of sp³-hybridized carbons (Fsp3) is 0.500. The summed E-state index contributed by atoms with van der Waals surface area (Å²) < 4.78 is 16.4. The first-order valence-electron chi connectivity index (χ1n) is 10.9. The van der Waals surface area contributed by atoms with Gasteiger partial charge in [-0.1, -0.05) is 6.07 Å². The van der Waals surface area contributed by atoms with E-state index in [1.807, 2.05) is 58.0 Å². The summed E-state index contributed by atoms with van der Waals surface area (Å²) in [5.41, 5.74) is 1.01. The standard InChI is InChI=1S/C24H35N3O5/c1-7-25-24(29)27(17(2)3)16-23(28)26(15-20-10-8-18(4)32-20)13-12-19-9-11-21(30-5)22(14-19)31-6/h8-11,14,17H,7,12-13,15-16H2,1-6H3,(H,25,29). The molecule has 0 saturated carbocycles. The van der Waals surface area contributed by atoms with Crippen LogP contribution in [0.2, 0.25) is 0 Å². The summed E-state index contributed by atoms with van der Waals surface area (Å²) in [7, 11) is 3.19. The highest BCUT2D eigenvalue weighted by molar-refractivity contribution is 5.84. The molecule has 0 unspecified atom stereocenters. The Morgan fingerprint density at radius 2 is 1.81 bits per heavy atom. The number of ether oxygens (including phenoxy) is 2. The maximum Gasteiger partial charge on any atom is 0.318 e. The summed E-state index contributed by atoms with van der Waals surface area (Å²) in [6, 6.07) is 9.11. The van der Waals surface area contributed by atoms with E-state index in [0.717, 1.165) is 11.3 Å². The van der Waals surface area contributed by atoms with Gasteiger partial charge in [0.2, 0.25) is 5.91 Å². The van der Waals surface area contributed by atoms with Crippen molar-refractivity contribution in [3.8, 4) is 11.5 Å². The summed E-state index contributed by atoms with van der Waals surface area (Å²) in [6.45, 7) is 8.82. The molecule has 0 aliphatic carbocycles. The Morgan fingerprint density at radius 3 is 2.38 bits per heavy atom. The SMILES string of the molecule is CCNC(=O)N(CC(=O)N(CCc1ccc(OC)c(OC)c1)Cc1ccc(C)o1)C(C)C. The van der Waals surface area contributed by atoms with Gasteiger partial charge < -0.3 is 29.0 Å². The van der Waals surface area contributed by atoms with Crippen LogP contribution in [0.1, 0.15) is 37.9 Å². The largest absolute Gasteiger partial charge is 0.493 e. The van der Waals surface area contributed by atoms with E-state index in [-0.39, 0.29) is 24.5 Å². The van der Waals surface area contributed by atoms with Crippen LogP contribution in [0.5, 0.6) is 11.5 Å². The van der Waals surface area contributed by atoms with E-state index < -0.39 is 0 Å². The van der Waals surface area contributed by atoms with E-state index in [1.165, 1.54) is 0 Å². The molecule has 1 heterocycles. The second-order valence-corrected chi connectivity index (χ2v) is 7.82. The molecule has 0 spiro atoms. The average Bonchev–Trinajstić information content (AvgIpc) is 3.18. The molecule has 0 aliphatic heterocycles. The van der Waals surface area contributed by atoms with E-state index in [2.05, 4.69) is 5.32 Å². The molecule has 0 fully saturated rings. The highest BCUT2D eigenvalue weighted by Gasteiger charge is 2.24. The minimum absolute atomic E-state index is 0.00484. The van der Waals surface area contributed by atoms with Crippen LogP contribution in [0.15, 0.2) is 34.7 Å². The summed E-state index contributed by atoms with van der Waals surface area (Å²) in [6.07, 6.45) is 0.620. The molecule has 2 rings (SSSR count). The van der Waals surface area contributed by atoms with Gasteiger partial charge in [-0.2, -0.15) is 0 Å². The van der Waals surface area contributed by atoms with Crippen molar-refractivity contribution in [2.24, 2.45) is 0 Å². The van der Waals surface area contributed by atoms with Gasteiger partial charge >= 0.3 is 6.03 Å². The van der Waals surface area contributed by atoms with Gasteiger partial charge in [0.05, 0.1) is 20.8 Å². The molecule has 0 aliphatic rings. The van der Waals surface area contributed by atoms with Crippen LogP contribution in [-0.4, -0.2) is 61.6 Å². The number of carbonyl (C=O) groups is 2. The van der Waals surface area contributed by atoms with Crippen molar-refractivity contribution in [1.29, 1.82) is 0 Å².